The van der Waals surface area contributed by atoms with Gasteiger partial charge in [-0.3, -0.25) is 0 Å². The van der Waals surface area contributed by atoms with Crippen LogP contribution in [0.1, 0.15) is 45.3 Å². The Labute approximate surface area is 111 Å². The summed E-state index contributed by atoms with van der Waals surface area (Å²) in [5.74, 6) is 0.584. The Morgan fingerprint density at radius 2 is 1.94 bits per heavy atom. The van der Waals surface area contributed by atoms with Crippen molar-refractivity contribution in [1.29, 1.82) is 0 Å². The molecule has 2 unspecified atom stereocenters. The van der Waals surface area contributed by atoms with Gasteiger partial charge in [-0.05, 0) is 39.2 Å². The Morgan fingerprint density at radius 3 is 2.61 bits per heavy atom. The van der Waals surface area contributed by atoms with E-state index in [2.05, 4.69) is 56.4 Å². The summed E-state index contributed by atoms with van der Waals surface area (Å²) in [5, 5.41) is 3.61. The molecule has 2 atom stereocenters. The lowest BCUT2D eigenvalue weighted by molar-refractivity contribution is -0.0292. The number of rotatable bonds is 3. The molecule has 0 amide bonds. The van der Waals surface area contributed by atoms with Crippen molar-refractivity contribution in [2.75, 3.05) is 13.2 Å². The van der Waals surface area contributed by atoms with Gasteiger partial charge in [-0.25, -0.2) is 0 Å². The smallest absolute Gasteiger partial charge is 0.0865 e. The van der Waals surface area contributed by atoms with Crippen LogP contribution >= 0.6 is 0 Å². The summed E-state index contributed by atoms with van der Waals surface area (Å²) in [5.41, 5.74) is 1.50. The van der Waals surface area contributed by atoms with Gasteiger partial charge in [0.2, 0.25) is 0 Å². The fourth-order valence-corrected chi connectivity index (χ4v) is 2.50. The predicted molar refractivity (Wildman–Crippen MR) is 75.6 cm³/mol. The second-order valence-corrected chi connectivity index (χ2v) is 6.24. The highest BCUT2D eigenvalue weighted by atomic mass is 16.5. The van der Waals surface area contributed by atoms with Crippen molar-refractivity contribution < 1.29 is 4.74 Å². The molecule has 0 aliphatic carbocycles. The Hall–Kier alpha value is -0.860. The third kappa shape index (κ3) is 3.82. The zero-order valence-electron chi connectivity index (χ0n) is 11.8. The molecule has 1 N–H and O–H groups in total. The van der Waals surface area contributed by atoms with Crippen molar-refractivity contribution in [3.63, 3.8) is 0 Å². The normalized spacial score (nSPS) is 25.1. The van der Waals surface area contributed by atoms with E-state index in [4.69, 9.17) is 4.74 Å². The number of hydrogen-bond donors (Lipinski definition) is 1. The second-order valence-electron chi connectivity index (χ2n) is 6.24. The Bertz CT molecular complexity index is 355. The first-order valence-electron chi connectivity index (χ1n) is 6.98. The van der Waals surface area contributed by atoms with Crippen LogP contribution in [0, 0.1) is 5.92 Å². The predicted octanol–water partition coefficient (Wildman–Crippen LogP) is 3.54. The van der Waals surface area contributed by atoms with Gasteiger partial charge in [-0.2, -0.15) is 0 Å². The quantitative estimate of drug-likeness (QED) is 0.882. The lowest BCUT2D eigenvalue weighted by atomic mass is 9.89. The SMILES string of the molecule is CC(C)(C)NCC1CCCOC1c1ccccc1. The molecule has 1 aliphatic rings. The summed E-state index contributed by atoms with van der Waals surface area (Å²) >= 11 is 0. The fourth-order valence-electron chi connectivity index (χ4n) is 2.50. The minimum Gasteiger partial charge on any atom is -0.373 e. The van der Waals surface area contributed by atoms with Crippen LogP contribution in [0.15, 0.2) is 30.3 Å². The van der Waals surface area contributed by atoms with E-state index in [1.54, 1.807) is 0 Å². The van der Waals surface area contributed by atoms with E-state index in [-0.39, 0.29) is 11.6 Å². The summed E-state index contributed by atoms with van der Waals surface area (Å²) in [6, 6.07) is 10.6. The van der Waals surface area contributed by atoms with Gasteiger partial charge >= 0.3 is 0 Å². The molecule has 18 heavy (non-hydrogen) atoms. The van der Waals surface area contributed by atoms with Crippen molar-refractivity contribution in [3.8, 4) is 0 Å². The van der Waals surface area contributed by atoms with E-state index >= 15 is 0 Å². The molecule has 1 heterocycles. The molecule has 1 aliphatic heterocycles. The van der Waals surface area contributed by atoms with Crippen LogP contribution in [0.25, 0.3) is 0 Å². The first-order chi connectivity index (χ1) is 8.56. The van der Waals surface area contributed by atoms with Gasteiger partial charge in [0.25, 0.3) is 0 Å². The third-order valence-corrected chi connectivity index (χ3v) is 3.47. The Balaban J connectivity index is 2.02. The lowest BCUT2D eigenvalue weighted by Crippen LogP contribution is -2.41. The van der Waals surface area contributed by atoms with Crippen LogP contribution in [-0.4, -0.2) is 18.7 Å². The maximum atomic E-state index is 6.00. The molecule has 1 fully saturated rings. The average Bonchev–Trinajstić information content (AvgIpc) is 2.37. The van der Waals surface area contributed by atoms with E-state index in [0.29, 0.717) is 5.92 Å². The summed E-state index contributed by atoms with van der Waals surface area (Å²) in [7, 11) is 0. The van der Waals surface area contributed by atoms with Crippen LogP contribution in [0.3, 0.4) is 0 Å². The summed E-state index contributed by atoms with van der Waals surface area (Å²) in [4.78, 5) is 0. The fraction of sp³-hybridized carbons (Fsp3) is 0.625. The summed E-state index contributed by atoms with van der Waals surface area (Å²) < 4.78 is 6.00. The molecule has 2 heteroatoms. The molecule has 0 bridgehead atoms. The first-order valence-corrected chi connectivity index (χ1v) is 6.98. The van der Waals surface area contributed by atoms with E-state index in [9.17, 15) is 0 Å². The van der Waals surface area contributed by atoms with Gasteiger partial charge in [-0.15, -0.1) is 0 Å². The van der Waals surface area contributed by atoms with E-state index in [1.807, 2.05) is 0 Å². The Morgan fingerprint density at radius 1 is 1.22 bits per heavy atom. The van der Waals surface area contributed by atoms with Crippen LogP contribution in [-0.2, 0) is 4.74 Å². The molecule has 1 aromatic carbocycles. The van der Waals surface area contributed by atoms with Gasteiger partial charge in [-0.1, -0.05) is 30.3 Å². The number of ether oxygens (including phenoxy) is 1. The van der Waals surface area contributed by atoms with Crippen LogP contribution in [0.5, 0.6) is 0 Å². The molecule has 2 nitrogen and oxygen atoms in total. The average molecular weight is 247 g/mol. The highest BCUT2D eigenvalue weighted by Gasteiger charge is 2.28. The molecule has 0 radical (unpaired) electrons. The summed E-state index contributed by atoms with van der Waals surface area (Å²) in [6.45, 7) is 8.57. The number of hydrogen-bond acceptors (Lipinski definition) is 2. The number of benzene rings is 1. The Kier molecular flexibility index (Phi) is 4.41. The monoisotopic (exact) mass is 247 g/mol. The molecule has 1 saturated heterocycles. The first kappa shape index (κ1) is 13.6. The van der Waals surface area contributed by atoms with Gasteiger partial charge in [0.1, 0.15) is 0 Å². The summed E-state index contributed by atoms with van der Waals surface area (Å²) in [6.07, 6.45) is 2.69. The van der Waals surface area contributed by atoms with Crippen molar-refractivity contribution >= 4 is 0 Å². The highest BCUT2D eigenvalue weighted by molar-refractivity contribution is 5.18. The maximum Gasteiger partial charge on any atom is 0.0865 e. The molecule has 0 spiro atoms. The van der Waals surface area contributed by atoms with Crippen LogP contribution in [0.2, 0.25) is 0 Å². The zero-order chi connectivity index (χ0) is 13.0. The minimum atomic E-state index is 0.179. The zero-order valence-corrected chi connectivity index (χ0v) is 11.8. The molecular weight excluding hydrogens is 222 g/mol. The standard InChI is InChI=1S/C16H25NO/c1-16(2,3)17-12-14-10-7-11-18-15(14)13-8-5-4-6-9-13/h4-6,8-9,14-15,17H,7,10-12H2,1-3H3. The second kappa shape index (κ2) is 5.85. The topological polar surface area (TPSA) is 21.3 Å². The van der Waals surface area contributed by atoms with Crippen LogP contribution in [0.4, 0.5) is 0 Å². The molecule has 100 valence electrons. The third-order valence-electron chi connectivity index (χ3n) is 3.47. The van der Waals surface area contributed by atoms with E-state index < -0.39 is 0 Å². The van der Waals surface area contributed by atoms with E-state index in [1.165, 1.54) is 18.4 Å². The van der Waals surface area contributed by atoms with Crippen molar-refractivity contribution in [3.05, 3.63) is 35.9 Å². The molecule has 2 rings (SSSR count). The van der Waals surface area contributed by atoms with Gasteiger partial charge < -0.3 is 10.1 Å². The molecular formula is C16H25NO. The van der Waals surface area contributed by atoms with Crippen LogP contribution < -0.4 is 5.32 Å². The highest BCUT2D eigenvalue weighted by Crippen LogP contribution is 2.33. The van der Waals surface area contributed by atoms with Crippen molar-refractivity contribution in [1.82, 2.24) is 5.32 Å². The lowest BCUT2D eigenvalue weighted by Gasteiger charge is -2.34. The van der Waals surface area contributed by atoms with Gasteiger partial charge in [0.15, 0.2) is 0 Å². The number of nitrogens with one attached hydrogen (secondary N) is 1. The molecule has 0 saturated carbocycles. The van der Waals surface area contributed by atoms with Gasteiger partial charge in [0, 0.05) is 24.6 Å². The minimum absolute atomic E-state index is 0.179. The van der Waals surface area contributed by atoms with Gasteiger partial charge in [0.05, 0.1) is 6.10 Å². The van der Waals surface area contributed by atoms with E-state index in [0.717, 1.165) is 13.2 Å². The van der Waals surface area contributed by atoms with Crippen molar-refractivity contribution in [2.24, 2.45) is 5.92 Å². The largest absolute Gasteiger partial charge is 0.373 e. The van der Waals surface area contributed by atoms with Crippen molar-refractivity contribution in [2.45, 2.75) is 45.3 Å². The maximum absolute atomic E-state index is 6.00. The molecule has 1 aromatic rings. The molecule has 0 aromatic heterocycles.